The number of halogens is 1. The standard InChI is InChI=1S/C13H16BrNO/c1-9-6-12(9)13(16)15-8-11-4-2-10(7-14)3-5-11/h2-5,9,12H,6-8H2,1H3,(H,15,16). The second-order valence-electron chi connectivity index (χ2n) is 4.49. The summed E-state index contributed by atoms with van der Waals surface area (Å²) in [6, 6.07) is 8.28. The van der Waals surface area contributed by atoms with Crippen molar-refractivity contribution in [2.75, 3.05) is 0 Å². The van der Waals surface area contributed by atoms with Crippen LogP contribution in [0.2, 0.25) is 0 Å². The Morgan fingerprint density at radius 3 is 2.44 bits per heavy atom. The maximum absolute atomic E-state index is 11.6. The van der Waals surface area contributed by atoms with Crippen LogP contribution in [0.5, 0.6) is 0 Å². The van der Waals surface area contributed by atoms with Crippen LogP contribution < -0.4 is 5.32 Å². The Morgan fingerprint density at radius 2 is 1.94 bits per heavy atom. The largest absolute Gasteiger partial charge is 0.352 e. The molecule has 1 aliphatic rings. The predicted octanol–water partition coefficient (Wildman–Crippen LogP) is 2.85. The highest BCUT2D eigenvalue weighted by Gasteiger charge is 2.38. The number of carbonyl (C=O) groups is 1. The average molecular weight is 282 g/mol. The monoisotopic (exact) mass is 281 g/mol. The topological polar surface area (TPSA) is 29.1 Å². The van der Waals surface area contributed by atoms with E-state index in [0.29, 0.717) is 12.5 Å². The molecule has 16 heavy (non-hydrogen) atoms. The van der Waals surface area contributed by atoms with Crippen molar-refractivity contribution in [3.8, 4) is 0 Å². The fourth-order valence-electron chi connectivity index (χ4n) is 1.75. The highest BCUT2D eigenvalue weighted by Crippen LogP contribution is 2.37. The summed E-state index contributed by atoms with van der Waals surface area (Å²) in [5.41, 5.74) is 2.41. The summed E-state index contributed by atoms with van der Waals surface area (Å²) >= 11 is 3.41. The van der Waals surface area contributed by atoms with Gasteiger partial charge in [-0.15, -0.1) is 0 Å². The molecule has 0 radical (unpaired) electrons. The van der Waals surface area contributed by atoms with E-state index in [1.807, 2.05) is 0 Å². The predicted molar refractivity (Wildman–Crippen MR) is 68.2 cm³/mol. The number of alkyl halides is 1. The van der Waals surface area contributed by atoms with Crippen LogP contribution in [0, 0.1) is 11.8 Å². The van der Waals surface area contributed by atoms with Gasteiger partial charge in [-0.2, -0.15) is 0 Å². The normalized spacial score (nSPS) is 22.9. The Morgan fingerprint density at radius 1 is 1.38 bits per heavy atom. The molecule has 2 rings (SSSR count). The second kappa shape index (κ2) is 5.00. The molecular formula is C13H16BrNO. The summed E-state index contributed by atoms with van der Waals surface area (Å²) in [5.74, 6) is 1.05. The molecule has 1 saturated carbocycles. The van der Waals surface area contributed by atoms with Crippen molar-refractivity contribution in [1.82, 2.24) is 5.32 Å². The molecule has 1 fully saturated rings. The summed E-state index contributed by atoms with van der Waals surface area (Å²) in [4.78, 5) is 11.6. The summed E-state index contributed by atoms with van der Waals surface area (Å²) in [6.07, 6.45) is 1.05. The van der Waals surface area contributed by atoms with E-state index in [2.05, 4.69) is 52.4 Å². The minimum Gasteiger partial charge on any atom is -0.352 e. The molecule has 0 saturated heterocycles. The van der Waals surface area contributed by atoms with E-state index in [1.165, 1.54) is 5.56 Å². The third-order valence-corrected chi connectivity index (χ3v) is 3.74. The van der Waals surface area contributed by atoms with Gasteiger partial charge in [0.15, 0.2) is 0 Å². The van der Waals surface area contributed by atoms with Gasteiger partial charge in [0.1, 0.15) is 0 Å². The van der Waals surface area contributed by atoms with Crippen LogP contribution in [0.4, 0.5) is 0 Å². The van der Waals surface area contributed by atoms with E-state index in [0.717, 1.165) is 17.3 Å². The van der Waals surface area contributed by atoms with Crippen LogP contribution in [-0.4, -0.2) is 5.91 Å². The van der Waals surface area contributed by atoms with E-state index in [4.69, 9.17) is 0 Å². The van der Waals surface area contributed by atoms with Crippen LogP contribution in [0.3, 0.4) is 0 Å². The molecule has 3 heteroatoms. The lowest BCUT2D eigenvalue weighted by Gasteiger charge is -2.05. The van der Waals surface area contributed by atoms with Gasteiger partial charge in [0, 0.05) is 17.8 Å². The number of benzene rings is 1. The lowest BCUT2D eigenvalue weighted by atomic mass is 10.1. The van der Waals surface area contributed by atoms with Gasteiger partial charge in [-0.3, -0.25) is 4.79 Å². The number of amides is 1. The first-order chi connectivity index (χ1) is 7.70. The van der Waals surface area contributed by atoms with Crippen LogP contribution in [-0.2, 0) is 16.7 Å². The van der Waals surface area contributed by atoms with Gasteiger partial charge < -0.3 is 5.32 Å². The van der Waals surface area contributed by atoms with Gasteiger partial charge >= 0.3 is 0 Å². The first-order valence-corrected chi connectivity index (χ1v) is 6.74. The smallest absolute Gasteiger partial charge is 0.223 e. The average Bonchev–Trinajstić information content (AvgIpc) is 3.04. The summed E-state index contributed by atoms with van der Waals surface area (Å²) in [5, 5.41) is 3.85. The van der Waals surface area contributed by atoms with Crippen LogP contribution in [0.1, 0.15) is 24.5 Å². The first-order valence-electron chi connectivity index (χ1n) is 5.62. The molecule has 1 N–H and O–H groups in total. The Labute approximate surface area is 105 Å². The highest BCUT2D eigenvalue weighted by molar-refractivity contribution is 9.08. The molecule has 2 nitrogen and oxygen atoms in total. The van der Waals surface area contributed by atoms with Crippen molar-refractivity contribution in [2.45, 2.75) is 25.2 Å². The van der Waals surface area contributed by atoms with Gasteiger partial charge in [0.2, 0.25) is 5.91 Å². The van der Waals surface area contributed by atoms with Crippen LogP contribution in [0.15, 0.2) is 24.3 Å². The fraction of sp³-hybridized carbons (Fsp3) is 0.462. The lowest BCUT2D eigenvalue weighted by Crippen LogP contribution is -2.24. The molecular weight excluding hydrogens is 266 g/mol. The number of hydrogen-bond acceptors (Lipinski definition) is 1. The minimum absolute atomic E-state index is 0.206. The molecule has 2 unspecified atom stereocenters. The molecule has 1 aromatic rings. The molecule has 0 heterocycles. The van der Waals surface area contributed by atoms with Gasteiger partial charge in [-0.05, 0) is 23.5 Å². The van der Waals surface area contributed by atoms with E-state index in [1.54, 1.807) is 0 Å². The van der Waals surface area contributed by atoms with Gasteiger partial charge in [-0.1, -0.05) is 47.1 Å². The zero-order valence-electron chi connectivity index (χ0n) is 9.37. The molecule has 0 spiro atoms. The quantitative estimate of drug-likeness (QED) is 0.845. The number of hydrogen-bond donors (Lipinski definition) is 1. The summed E-state index contributed by atoms with van der Waals surface area (Å²) < 4.78 is 0. The van der Waals surface area contributed by atoms with Crippen LogP contribution in [0.25, 0.3) is 0 Å². The van der Waals surface area contributed by atoms with Crippen LogP contribution >= 0.6 is 15.9 Å². The fourth-order valence-corrected chi connectivity index (χ4v) is 2.13. The van der Waals surface area contributed by atoms with Crippen molar-refractivity contribution in [3.05, 3.63) is 35.4 Å². The maximum atomic E-state index is 11.6. The minimum atomic E-state index is 0.206. The molecule has 86 valence electrons. The molecule has 0 aliphatic heterocycles. The molecule has 0 bridgehead atoms. The van der Waals surface area contributed by atoms with Crippen molar-refractivity contribution in [1.29, 1.82) is 0 Å². The highest BCUT2D eigenvalue weighted by atomic mass is 79.9. The maximum Gasteiger partial charge on any atom is 0.223 e. The number of carbonyl (C=O) groups excluding carboxylic acids is 1. The zero-order chi connectivity index (χ0) is 11.5. The van der Waals surface area contributed by atoms with Gasteiger partial charge in [-0.25, -0.2) is 0 Å². The third-order valence-electron chi connectivity index (χ3n) is 3.09. The molecule has 1 aromatic carbocycles. The first kappa shape index (κ1) is 11.6. The molecule has 1 amide bonds. The van der Waals surface area contributed by atoms with Crippen molar-refractivity contribution in [3.63, 3.8) is 0 Å². The summed E-state index contributed by atoms with van der Waals surface area (Å²) in [7, 11) is 0. The third kappa shape index (κ3) is 2.85. The molecule has 2 atom stereocenters. The Bertz CT molecular complexity index is 374. The zero-order valence-corrected chi connectivity index (χ0v) is 11.0. The number of nitrogens with one attached hydrogen (secondary N) is 1. The van der Waals surface area contributed by atoms with E-state index >= 15 is 0 Å². The van der Waals surface area contributed by atoms with E-state index in [-0.39, 0.29) is 11.8 Å². The summed E-state index contributed by atoms with van der Waals surface area (Å²) in [6.45, 7) is 2.76. The van der Waals surface area contributed by atoms with Gasteiger partial charge in [0.05, 0.1) is 0 Å². The lowest BCUT2D eigenvalue weighted by molar-refractivity contribution is -0.122. The Kier molecular flexibility index (Phi) is 3.64. The SMILES string of the molecule is CC1CC1C(=O)NCc1ccc(CBr)cc1. The van der Waals surface area contributed by atoms with Crippen molar-refractivity contribution in [2.24, 2.45) is 11.8 Å². The van der Waals surface area contributed by atoms with Gasteiger partial charge in [0.25, 0.3) is 0 Å². The second-order valence-corrected chi connectivity index (χ2v) is 5.05. The molecule has 0 aromatic heterocycles. The Hall–Kier alpha value is -0.830. The van der Waals surface area contributed by atoms with Crippen molar-refractivity contribution >= 4 is 21.8 Å². The van der Waals surface area contributed by atoms with E-state index in [9.17, 15) is 4.79 Å². The number of rotatable bonds is 4. The Balaban J connectivity index is 1.82. The molecule has 1 aliphatic carbocycles. The van der Waals surface area contributed by atoms with Crippen molar-refractivity contribution < 1.29 is 4.79 Å². The van der Waals surface area contributed by atoms with E-state index < -0.39 is 0 Å².